The van der Waals surface area contributed by atoms with Crippen LogP contribution in [0.1, 0.15) is 6.92 Å². The summed E-state index contributed by atoms with van der Waals surface area (Å²) in [4.78, 5) is 4.19. The maximum Gasteiger partial charge on any atom is 0.165 e. The minimum Gasteiger partial charge on any atom is -0.491 e. The van der Waals surface area contributed by atoms with Crippen LogP contribution < -0.4 is 16.0 Å². The first kappa shape index (κ1) is 11.8. The van der Waals surface area contributed by atoms with Gasteiger partial charge < -0.3 is 10.2 Å². The summed E-state index contributed by atoms with van der Waals surface area (Å²) in [6.45, 7) is 2.25. The van der Waals surface area contributed by atoms with Gasteiger partial charge in [-0.25, -0.2) is 15.2 Å². The first-order valence-electron chi connectivity index (χ1n) is 5.09. The van der Waals surface area contributed by atoms with E-state index in [-0.39, 0.29) is 11.6 Å². The number of anilines is 1. The van der Waals surface area contributed by atoms with Gasteiger partial charge in [0.2, 0.25) is 0 Å². The highest BCUT2D eigenvalue weighted by Gasteiger charge is 2.08. The van der Waals surface area contributed by atoms with Crippen molar-refractivity contribution in [2.75, 3.05) is 12.0 Å². The number of thiazole rings is 1. The Morgan fingerprint density at radius 2 is 2.35 bits per heavy atom. The molecule has 6 heteroatoms. The van der Waals surface area contributed by atoms with E-state index >= 15 is 0 Å². The average molecular weight is 253 g/mol. The maximum absolute atomic E-state index is 13.6. The van der Waals surface area contributed by atoms with Crippen LogP contribution in [0.25, 0.3) is 10.6 Å². The van der Waals surface area contributed by atoms with Crippen LogP contribution in [0, 0.1) is 5.82 Å². The molecule has 2 aromatic rings. The van der Waals surface area contributed by atoms with Gasteiger partial charge in [-0.15, -0.1) is 11.3 Å². The molecule has 0 spiro atoms. The molecular weight excluding hydrogens is 241 g/mol. The molecule has 0 radical (unpaired) electrons. The molecule has 4 nitrogen and oxygen atoms in total. The van der Waals surface area contributed by atoms with Gasteiger partial charge >= 0.3 is 0 Å². The summed E-state index contributed by atoms with van der Waals surface area (Å²) < 4.78 is 18.8. The van der Waals surface area contributed by atoms with Crippen LogP contribution in [-0.4, -0.2) is 11.6 Å². The lowest BCUT2D eigenvalue weighted by atomic mass is 10.2. The lowest BCUT2D eigenvalue weighted by Gasteiger charge is -2.05. The summed E-state index contributed by atoms with van der Waals surface area (Å²) in [6, 6.07) is 4.78. The number of aromatic nitrogens is 1. The van der Waals surface area contributed by atoms with Crippen molar-refractivity contribution in [1.82, 2.24) is 4.98 Å². The molecule has 0 fully saturated rings. The predicted molar refractivity (Wildman–Crippen MR) is 66.5 cm³/mol. The number of ether oxygens (including phenoxy) is 1. The Kier molecular flexibility index (Phi) is 3.55. The molecule has 1 aromatic heterocycles. The third-order valence-electron chi connectivity index (χ3n) is 2.13. The highest BCUT2D eigenvalue weighted by molar-refractivity contribution is 7.13. The molecule has 0 aliphatic heterocycles. The normalized spacial score (nSPS) is 10.3. The minimum atomic E-state index is -0.387. The number of hydrazine groups is 1. The van der Waals surface area contributed by atoms with Crippen molar-refractivity contribution in [3.63, 3.8) is 0 Å². The molecule has 0 bridgehead atoms. The number of rotatable bonds is 4. The zero-order chi connectivity index (χ0) is 12.3. The first-order valence-corrected chi connectivity index (χ1v) is 5.97. The number of hydrogen-bond acceptors (Lipinski definition) is 5. The van der Waals surface area contributed by atoms with Crippen LogP contribution in [0.5, 0.6) is 5.75 Å². The highest BCUT2D eigenvalue weighted by atomic mass is 32.1. The van der Waals surface area contributed by atoms with E-state index in [9.17, 15) is 4.39 Å². The van der Waals surface area contributed by atoms with Crippen LogP contribution in [0.15, 0.2) is 23.6 Å². The van der Waals surface area contributed by atoms with Crippen molar-refractivity contribution in [2.24, 2.45) is 5.84 Å². The molecule has 2 rings (SSSR count). The molecular formula is C11H12FN3OS. The molecule has 0 saturated heterocycles. The van der Waals surface area contributed by atoms with Crippen LogP contribution >= 0.6 is 11.3 Å². The van der Waals surface area contributed by atoms with Crippen molar-refractivity contribution in [3.8, 4) is 16.3 Å². The molecule has 3 N–H and O–H groups in total. The number of nitrogen functional groups attached to an aromatic ring is 1. The zero-order valence-electron chi connectivity index (χ0n) is 9.24. The second kappa shape index (κ2) is 5.11. The maximum atomic E-state index is 13.6. The zero-order valence-corrected chi connectivity index (χ0v) is 10.1. The fourth-order valence-electron chi connectivity index (χ4n) is 1.38. The van der Waals surface area contributed by atoms with Crippen LogP contribution in [0.3, 0.4) is 0 Å². The van der Waals surface area contributed by atoms with E-state index in [2.05, 4.69) is 10.4 Å². The Morgan fingerprint density at radius 3 is 2.94 bits per heavy atom. The van der Waals surface area contributed by atoms with E-state index in [4.69, 9.17) is 10.6 Å². The van der Waals surface area contributed by atoms with Crippen molar-refractivity contribution < 1.29 is 9.13 Å². The Hall–Kier alpha value is -1.66. The Bertz CT molecular complexity index is 515. The van der Waals surface area contributed by atoms with Gasteiger partial charge in [0, 0.05) is 10.9 Å². The summed E-state index contributed by atoms with van der Waals surface area (Å²) in [5, 5.41) is 2.48. The minimum absolute atomic E-state index is 0.255. The molecule has 1 heterocycles. The monoisotopic (exact) mass is 253 g/mol. The molecule has 0 aliphatic rings. The predicted octanol–water partition coefficient (Wildman–Crippen LogP) is 2.63. The second-order valence-corrected chi connectivity index (χ2v) is 4.12. The SMILES string of the molecule is CCOc1ccc(-c2nc(NN)cs2)cc1F. The summed E-state index contributed by atoms with van der Waals surface area (Å²) in [5.74, 6) is 5.67. The summed E-state index contributed by atoms with van der Waals surface area (Å²) in [6.07, 6.45) is 0. The van der Waals surface area contributed by atoms with Crippen LogP contribution in [0.2, 0.25) is 0 Å². The molecule has 0 saturated carbocycles. The molecule has 1 aromatic carbocycles. The van der Waals surface area contributed by atoms with Gasteiger partial charge in [-0.2, -0.15) is 0 Å². The van der Waals surface area contributed by atoms with Gasteiger partial charge in [-0.3, -0.25) is 0 Å². The molecule has 0 aliphatic carbocycles. The van der Waals surface area contributed by atoms with Gasteiger partial charge in [0.05, 0.1) is 6.61 Å². The quantitative estimate of drug-likeness (QED) is 0.649. The molecule has 0 amide bonds. The number of hydrogen-bond donors (Lipinski definition) is 2. The number of halogens is 1. The fourth-order valence-corrected chi connectivity index (χ4v) is 2.14. The van der Waals surface area contributed by atoms with E-state index in [1.54, 1.807) is 17.5 Å². The smallest absolute Gasteiger partial charge is 0.165 e. The molecule has 0 atom stereocenters. The van der Waals surface area contributed by atoms with Gasteiger partial charge in [0.25, 0.3) is 0 Å². The highest BCUT2D eigenvalue weighted by Crippen LogP contribution is 2.29. The summed E-state index contributed by atoms with van der Waals surface area (Å²) >= 11 is 1.39. The molecule has 17 heavy (non-hydrogen) atoms. The fraction of sp³-hybridized carbons (Fsp3) is 0.182. The van der Waals surface area contributed by atoms with Crippen LogP contribution in [0.4, 0.5) is 10.2 Å². The van der Waals surface area contributed by atoms with E-state index in [0.29, 0.717) is 23.0 Å². The van der Waals surface area contributed by atoms with Gasteiger partial charge in [0.1, 0.15) is 5.01 Å². The molecule has 0 unspecified atom stereocenters. The lowest BCUT2D eigenvalue weighted by molar-refractivity contribution is 0.321. The third-order valence-corrected chi connectivity index (χ3v) is 3.02. The second-order valence-electron chi connectivity index (χ2n) is 3.26. The van der Waals surface area contributed by atoms with E-state index < -0.39 is 0 Å². The number of nitrogens with zero attached hydrogens (tertiary/aromatic N) is 1. The molecule has 90 valence electrons. The van der Waals surface area contributed by atoms with Crippen molar-refractivity contribution >= 4 is 17.2 Å². The van der Waals surface area contributed by atoms with Crippen molar-refractivity contribution in [2.45, 2.75) is 6.92 Å². The largest absolute Gasteiger partial charge is 0.491 e. The van der Waals surface area contributed by atoms with Gasteiger partial charge in [0.15, 0.2) is 17.4 Å². The number of nitrogens with two attached hydrogens (primary N) is 1. The lowest BCUT2D eigenvalue weighted by Crippen LogP contribution is -2.06. The van der Waals surface area contributed by atoms with E-state index in [0.717, 1.165) is 0 Å². The Labute approximate surface area is 102 Å². The van der Waals surface area contributed by atoms with Gasteiger partial charge in [-0.05, 0) is 25.1 Å². The Morgan fingerprint density at radius 1 is 1.53 bits per heavy atom. The first-order chi connectivity index (χ1) is 8.24. The average Bonchev–Trinajstić information content (AvgIpc) is 2.80. The third kappa shape index (κ3) is 2.54. The number of nitrogens with one attached hydrogen (secondary N) is 1. The Balaban J connectivity index is 2.30. The summed E-state index contributed by atoms with van der Waals surface area (Å²) in [7, 11) is 0. The summed E-state index contributed by atoms with van der Waals surface area (Å²) in [5.41, 5.74) is 3.15. The van der Waals surface area contributed by atoms with Crippen LogP contribution in [-0.2, 0) is 0 Å². The van der Waals surface area contributed by atoms with Crippen molar-refractivity contribution in [3.05, 3.63) is 29.4 Å². The topological polar surface area (TPSA) is 60.2 Å². The number of benzene rings is 1. The van der Waals surface area contributed by atoms with Crippen molar-refractivity contribution in [1.29, 1.82) is 0 Å². The standard InChI is InChI=1S/C11H12FN3OS/c1-2-16-9-4-3-7(5-8(9)12)11-14-10(15-13)6-17-11/h3-6,15H,2,13H2,1H3. The van der Waals surface area contributed by atoms with Gasteiger partial charge in [-0.1, -0.05) is 0 Å². The van der Waals surface area contributed by atoms with E-state index in [1.165, 1.54) is 17.4 Å². The van der Waals surface area contributed by atoms with E-state index in [1.807, 2.05) is 6.92 Å².